The fourth-order valence-electron chi connectivity index (χ4n) is 1.20. The third-order valence-electron chi connectivity index (χ3n) is 2.18. The number of aryl methyl sites for hydroxylation is 1. The third-order valence-corrected chi connectivity index (χ3v) is 4.69. The van der Waals surface area contributed by atoms with E-state index in [0.717, 1.165) is 21.9 Å². The molecular formula is C10H17N3O3S2. The number of nitrogens with zero attached hydrogens (tertiary/aromatic N) is 2. The molecule has 1 rings (SSSR count). The summed E-state index contributed by atoms with van der Waals surface area (Å²) in [6.45, 7) is 5.40. The van der Waals surface area contributed by atoms with Gasteiger partial charge in [-0.1, -0.05) is 11.3 Å². The molecule has 1 N–H and O–H groups in total. The van der Waals surface area contributed by atoms with Crippen molar-refractivity contribution in [2.45, 2.75) is 26.8 Å². The monoisotopic (exact) mass is 291 g/mol. The Balaban J connectivity index is 3.06. The number of aromatic nitrogens is 1. The summed E-state index contributed by atoms with van der Waals surface area (Å²) in [5.74, 6) is -0.229. The second-order valence-corrected chi connectivity index (χ2v) is 7.26. The van der Waals surface area contributed by atoms with E-state index >= 15 is 0 Å². The van der Waals surface area contributed by atoms with Gasteiger partial charge in [0.05, 0.1) is 11.9 Å². The summed E-state index contributed by atoms with van der Waals surface area (Å²) in [4.78, 5) is 16.4. The van der Waals surface area contributed by atoms with Crippen LogP contribution in [0.1, 0.15) is 29.2 Å². The van der Waals surface area contributed by atoms with Crippen molar-refractivity contribution < 1.29 is 13.2 Å². The van der Waals surface area contributed by atoms with E-state index in [1.807, 2.05) is 13.8 Å². The Kier molecular flexibility index (Phi) is 4.33. The van der Waals surface area contributed by atoms with E-state index in [-0.39, 0.29) is 11.9 Å². The molecular weight excluding hydrogens is 274 g/mol. The van der Waals surface area contributed by atoms with E-state index in [4.69, 9.17) is 0 Å². The maximum Gasteiger partial charge on any atom is 0.263 e. The van der Waals surface area contributed by atoms with Gasteiger partial charge in [0.15, 0.2) is 5.13 Å². The maximum absolute atomic E-state index is 11.9. The van der Waals surface area contributed by atoms with Gasteiger partial charge in [0.1, 0.15) is 4.88 Å². The molecule has 0 spiro atoms. The molecule has 1 heterocycles. The number of sulfonamides is 1. The lowest BCUT2D eigenvalue weighted by Crippen LogP contribution is -2.29. The summed E-state index contributed by atoms with van der Waals surface area (Å²) < 4.78 is 23.9. The number of thiazole rings is 1. The maximum atomic E-state index is 11.9. The van der Waals surface area contributed by atoms with Gasteiger partial charge in [0.2, 0.25) is 10.0 Å². The molecule has 1 aromatic heterocycles. The summed E-state index contributed by atoms with van der Waals surface area (Å²) >= 11 is 1.07. The molecule has 18 heavy (non-hydrogen) atoms. The fourth-order valence-corrected chi connectivity index (χ4v) is 2.88. The van der Waals surface area contributed by atoms with Crippen LogP contribution in [0.4, 0.5) is 5.13 Å². The minimum Gasteiger partial charge on any atom is -0.349 e. The highest BCUT2D eigenvalue weighted by Gasteiger charge is 2.21. The molecule has 0 aliphatic carbocycles. The number of nitrogens with one attached hydrogen (secondary N) is 1. The van der Waals surface area contributed by atoms with Crippen LogP contribution in [0.2, 0.25) is 0 Å². The van der Waals surface area contributed by atoms with Crippen LogP contribution in [0.5, 0.6) is 0 Å². The van der Waals surface area contributed by atoms with Crippen LogP contribution in [0.15, 0.2) is 0 Å². The average molecular weight is 291 g/mol. The van der Waals surface area contributed by atoms with Gasteiger partial charge in [-0.25, -0.2) is 17.7 Å². The van der Waals surface area contributed by atoms with Gasteiger partial charge in [0.25, 0.3) is 5.91 Å². The van der Waals surface area contributed by atoms with Gasteiger partial charge in [-0.3, -0.25) is 4.79 Å². The van der Waals surface area contributed by atoms with Crippen molar-refractivity contribution in [2.75, 3.05) is 17.6 Å². The quantitative estimate of drug-likeness (QED) is 0.897. The zero-order valence-electron chi connectivity index (χ0n) is 11.0. The molecule has 0 saturated heterocycles. The van der Waals surface area contributed by atoms with E-state index in [1.165, 1.54) is 7.05 Å². The highest BCUT2D eigenvalue weighted by molar-refractivity contribution is 7.92. The SMILES string of the molecule is Cc1nc(N(C)S(C)(=O)=O)sc1C(=O)NC(C)C. The van der Waals surface area contributed by atoms with Gasteiger partial charge in [-0.2, -0.15) is 0 Å². The van der Waals surface area contributed by atoms with E-state index in [0.29, 0.717) is 15.7 Å². The van der Waals surface area contributed by atoms with E-state index in [1.54, 1.807) is 6.92 Å². The van der Waals surface area contributed by atoms with Crippen LogP contribution in [0.25, 0.3) is 0 Å². The molecule has 0 atom stereocenters. The van der Waals surface area contributed by atoms with Gasteiger partial charge < -0.3 is 5.32 Å². The zero-order chi connectivity index (χ0) is 14.1. The van der Waals surface area contributed by atoms with Gasteiger partial charge in [-0.05, 0) is 20.8 Å². The van der Waals surface area contributed by atoms with Crippen LogP contribution in [-0.4, -0.2) is 38.7 Å². The van der Waals surface area contributed by atoms with Crippen molar-refractivity contribution in [1.82, 2.24) is 10.3 Å². The van der Waals surface area contributed by atoms with E-state index in [2.05, 4.69) is 10.3 Å². The van der Waals surface area contributed by atoms with Crippen LogP contribution < -0.4 is 9.62 Å². The molecule has 0 saturated carbocycles. The summed E-state index contributed by atoms with van der Waals surface area (Å²) in [5.41, 5.74) is 0.531. The Morgan fingerprint density at radius 1 is 1.44 bits per heavy atom. The molecule has 0 unspecified atom stereocenters. The minimum atomic E-state index is -3.36. The molecule has 8 heteroatoms. The van der Waals surface area contributed by atoms with Crippen LogP contribution >= 0.6 is 11.3 Å². The first-order valence-corrected chi connectivity index (χ1v) is 8.01. The summed E-state index contributed by atoms with van der Waals surface area (Å²) in [6.07, 6.45) is 1.09. The predicted octanol–water partition coefficient (Wildman–Crippen LogP) is 0.986. The second kappa shape index (κ2) is 5.23. The molecule has 6 nitrogen and oxygen atoms in total. The van der Waals surface area contributed by atoms with Gasteiger partial charge >= 0.3 is 0 Å². The fraction of sp³-hybridized carbons (Fsp3) is 0.600. The molecule has 0 aromatic carbocycles. The van der Waals surface area contributed by atoms with Crippen molar-refractivity contribution in [3.63, 3.8) is 0 Å². The number of carbonyl (C=O) groups excluding carboxylic acids is 1. The normalized spacial score (nSPS) is 11.7. The topological polar surface area (TPSA) is 79.4 Å². The molecule has 0 radical (unpaired) electrons. The summed E-state index contributed by atoms with van der Waals surface area (Å²) in [6, 6.07) is 0.0232. The Morgan fingerprint density at radius 2 is 2.00 bits per heavy atom. The number of hydrogen-bond acceptors (Lipinski definition) is 5. The number of amides is 1. The highest BCUT2D eigenvalue weighted by atomic mass is 32.2. The van der Waals surface area contributed by atoms with Crippen LogP contribution in [0.3, 0.4) is 0 Å². The third kappa shape index (κ3) is 3.42. The first-order valence-electron chi connectivity index (χ1n) is 5.35. The molecule has 0 aliphatic heterocycles. The van der Waals surface area contributed by atoms with E-state index in [9.17, 15) is 13.2 Å². The molecule has 0 bridgehead atoms. The van der Waals surface area contributed by atoms with Crippen molar-refractivity contribution in [1.29, 1.82) is 0 Å². The largest absolute Gasteiger partial charge is 0.349 e. The number of anilines is 1. The predicted molar refractivity (Wildman–Crippen MR) is 72.7 cm³/mol. The van der Waals surface area contributed by atoms with Crippen LogP contribution in [-0.2, 0) is 10.0 Å². The lowest BCUT2D eigenvalue weighted by molar-refractivity contribution is 0.0946. The molecule has 102 valence electrons. The highest BCUT2D eigenvalue weighted by Crippen LogP contribution is 2.26. The van der Waals surface area contributed by atoms with Crippen molar-refractivity contribution in [3.05, 3.63) is 10.6 Å². The summed E-state index contributed by atoms with van der Waals surface area (Å²) in [7, 11) is -1.94. The van der Waals surface area contributed by atoms with Gasteiger partial charge in [0, 0.05) is 13.1 Å². The van der Waals surface area contributed by atoms with Crippen LogP contribution in [0, 0.1) is 6.92 Å². The average Bonchev–Trinajstić information content (AvgIpc) is 2.56. The number of hydrogen-bond donors (Lipinski definition) is 1. The summed E-state index contributed by atoms with van der Waals surface area (Å²) in [5, 5.41) is 3.05. The lowest BCUT2D eigenvalue weighted by Gasteiger charge is -2.11. The number of carbonyl (C=O) groups is 1. The Morgan fingerprint density at radius 3 is 2.44 bits per heavy atom. The second-order valence-electron chi connectivity index (χ2n) is 4.27. The first kappa shape index (κ1) is 14.9. The van der Waals surface area contributed by atoms with Crippen molar-refractivity contribution in [3.8, 4) is 0 Å². The molecule has 1 amide bonds. The first-order chi connectivity index (χ1) is 8.12. The minimum absolute atomic E-state index is 0.0232. The van der Waals surface area contributed by atoms with E-state index < -0.39 is 10.0 Å². The standard InChI is InChI=1S/C10H17N3O3S2/c1-6(2)11-9(14)8-7(3)12-10(17-8)13(4)18(5,15)16/h6H,1-5H3,(H,11,14). The molecule has 1 aromatic rings. The Bertz CT molecular complexity index is 549. The van der Waals surface area contributed by atoms with Crippen molar-refractivity contribution >= 4 is 32.4 Å². The van der Waals surface area contributed by atoms with Crippen molar-refractivity contribution in [2.24, 2.45) is 0 Å². The molecule has 0 aliphatic rings. The zero-order valence-corrected chi connectivity index (χ0v) is 12.6. The smallest absolute Gasteiger partial charge is 0.263 e. The molecule has 0 fully saturated rings. The van der Waals surface area contributed by atoms with Gasteiger partial charge in [-0.15, -0.1) is 0 Å². The Labute approximate surface area is 111 Å². The Hall–Kier alpha value is -1.15. The number of rotatable bonds is 4. The lowest BCUT2D eigenvalue weighted by atomic mass is 10.3.